The molecule has 0 aliphatic heterocycles. The molecule has 0 aliphatic rings. The van der Waals surface area contributed by atoms with Crippen LogP contribution in [-0.2, 0) is 6.42 Å². The molecule has 1 heterocycles. The second-order valence-corrected chi connectivity index (χ2v) is 4.72. The van der Waals surface area contributed by atoms with Crippen LogP contribution in [0, 0.1) is 0 Å². The third-order valence-electron chi connectivity index (χ3n) is 2.39. The summed E-state index contributed by atoms with van der Waals surface area (Å²) in [5.41, 5.74) is 1.49. The molecule has 1 nitrogen and oxygen atoms in total. The van der Waals surface area contributed by atoms with Gasteiger partial charge in [0.25, 0.3) is 0 Å². The smallest absolute Gasteiger partial charge is 0.0345 e. The van der Waals surface area contributed by atoms with Crippen LogP contribution in [-0.4, -0.2) is 25.5 Å². The van der Waals surface area contributed by atoms with Crippen LogP contribution in [0.5, 0.6) is 0 Å². The van der Waals surface area contributed by atoms with E-state index in [0.29, 0.717) is 0 Å². The van der Waals surface area contributed by atoms with Gasteiger partial charge in [-0.3, -0.25) is 0 Å². The van der Waals surface area contributed by atoms with E-state index in [4.69, 9.17) is 0 Å². The van der Waals surface area contributed by atoms with E-state index in [0.717, 1.165) is 13.0 Å². The summed E-state index contributed by atoms with van der Waals surface area (Å²) in [5.74, 6) is 0. The van der Waals surface area contributed by atoms with Crippen molar-refractivity contribution in [2.75, 3.05) is 20.6 Å². The maximum absolute atomic E-state index is 2.29. The summed E-state index contributed by atoms with van der Waals surface area (Å²) < 4.78 is 1.40. The number of hydrogen-bond donors (Lipinski definition) is 0. The lowest BCUT2D eigenvalue weighted by Gasteiger charge is -2.07. The van der Waals surface area contributed by atoms with E-state index in [1.54, 1.807) is 0 Å². The average molecular weight is 205 g/mol. The van der Waals surface area contributed by atoms with Crippen LogP contribution in [0.25, 0.3) is 10.1 Å². The van der Waals surface area contributed by atoms with Crippen LogP contribution in [0.15, 0.2) is 29.6 Å². The zero-order valence-corrected chi connectivity index (χ0v) is 9.47. The Morgan fingerprint density at radius 3 is 2.79 bits per heavy atom. The summed E-state index contributed by atoms with van der Waals surface area (Å²) in [6.07, 6.45) is 1.15. The molecule has 0 spiro atoms. The first kappa shape index (κ1) is 9.69. The van der Waals surface area contributed by atoms with Gasteiger partial charge >= 0.3 is 0 Å². The first-order valence-corrected chi connectivity index (χ1v) is 5.75. The molecular formula is C12H15NS. The van der Waals surface area contributed by atoms with Crippen molar-refractivity contribution in [2.45, 2.75) is 6.42 Å². The highest BCUT2D eigenvalue weighted by atomic mass is 32.1. The number of thiophene rings is 1. The Kier molecular flexibility index (Phi) is 2.85. The topological polar surface area (TPSA) is 3.24 Å². The number of hydrogen-bond acceptors (Lipinski definition) is 2. The van der Waals surface area contributed by atoms with Crippen molar-refractivity contribution in [1.82, 2.24) is 4.90 Å². The summed E-state index contributed by atoms with van der Waals surface area (Å²) in [4.78, 5) is 2.23. The maximum atomic E-state index is 2.29. The quantitative estimate of drug-likeness (QED) is 0.744. The lowest BCUT2D eigenvalue weighted by molar-refractivity contribution is 0.414. The van der Waals surface area contributed by atoms with E-state index in [9.17, 15) is 0 Å². The Morgan fingerprint density at radius 1 is 1.21 bits per heavy atom. The molecule has 1 aromatic carbocycles. The molecule has 0 amide bonds. The molecular weight excluding hydrogens is 190 g/mol. The second kappa shape index (κ2) is 4.11. The van der Waals surface area contributed by atoms with Crippen molar-refractivity contribution in [3.8, 4) is 0 Å². The van der Waals surface area contributed by atoms with Gasteiger partial charge in [-0.15, -0.1) is 11.3 Å². The standard InChI is InChI=1S/C12H15NS/c1-13(2)8-7-10-9-14-12-6-4-3-5-11(10)12/h3-6,9H,7-8H2,1-2H3. The van der Waals surface area contributed by atoms with Crippen LogP contribution < -0.4 is 0 Å². The predicted molar refractivity (Wildman–Crippen MR) is 64.1 cm³/mol. The van der Waals surface area contributed by atoms with E-state index in [1.165, 1.54) is 15.6 Å². The van der Waals surface area contributed by atoms with Gasteiger partial charge in [0, 0.05) is 11.2 Å². The van der Waals surface area contributed by atoms with E-state index >= 15 is 0 Å². The normalized spacial score (nSPS) is 11.4. The zero-order chi connectivity index (χ0) is 9.97. The van der Waals surface area contributed by atoms with Gasteiger partial charge in [0.15, 0.2) is 0 Å². The Morgan fingerprint density at radius 2 is 2.00 bits per heavy atom. The molecule has 1 aromatic heterocycles. The fourth-order valence-electron chi connectivity index (χ4n) is 1.57. The van der Waals surface area contributed by atoms with Crippen LogP contribution in [0.1, 0.15) is 5.56 Å². The fourth-order valence-corrected chi connectivity index (χ4v) is 2.57. The van der Waals surface area contributed by atoms with Gasteiger partial charge in [-0.05, 0) is 42.9 Å². The molecule has 74 valence electrons. The van der Waals surface area contributed by atoms with Gasteiger partial charge in [0.05, 0.1) is 0 Å². The molecule has 0 radical (unpaired) electrons. The molecule has 2 heteroatoms. The average Bonchev–Trinajstić information content (AvgIpc) is 2.58. The van der Waals surface area contributed by atoms with Gasteiger partial charge in [0.2, 0.25) is 0 Å². The van der Waals surface area contributed by atoms with Crippen molar-refractivity contribution in [1.29, 1.82) is 0 Å². The van der Waals surface area contributed by atoms with E-state index < -0.39 is 0 Å². The highest BCUT2D eigenvalue weighted by Gasteiger charge is 2.02. The summed E-state index contributed by atoms with van der Waals surface area (Å²) in [5, 5.41) is 3.72. The SMILES string of the molecule is CN(C)CCc1csc2ccccc12. The lowest BCUT2D eigenvalue weighted by atomic mass is 10.1. The van der Waals surface area contributed by atoms with Gasteiger partial charge in [-0.1, -0.05) is 18.2 Å². The first-order valence-electron chi connectivity index (χ1n) is 4.87. The summed E-state index contributed by atoms with van der Waals surface area (Å²) >= 11 is 1.85. The molecule has 0 N–H and O–H groups in total. The molecule has 0 saturated carbocycles. The molecule has 14 heavy (non-hydrogen) atoms. The van der Waals surface area contributed by atoms with E-state index in [1.807, 2.05) is 11.3 Å². The third-order valence-corrected chi connectivity index (χ3v) is 3.40. The van der Waals surface area contributed by atoms with E-state index in [-0.39, 0.29) is 0 Å². The Labute approximate surface area is 89.0 Å². The predicted octanol–water partition coefficient (Wildman–Crippen LogP) is 3.01. The number of rotatable bonds is 3. The van der Waals surface area contributed by atoms with Crippen LogP contribution in [0.3, 0.4) is 0 Å². The minimum atomic E-state index is 1.13. The maximum Gasteiger partial charge on any atom is 0.0345 e. The van der Waals surface area contributed by atoms with Crippen LogP contribution in [0.2, 0.25) is 0 Å². The molecule has 2 rings (SSSR count). The van der Waals surface area contributed by atoms with Crippen molar-refractivity contribution in [3.05, 3.63) is 35.2 Å². The summed E-state index contributed by atoms with van der Waals surface area (Å²) in [6.45, 7) is 1.13. The van der Waals surface area contributed by atoms with Crippen molar-refractivity contribution < 1.29 is 0 Å². The van der Waals surface area contributed by atoms with Crippen molar-refractivity contribution in [3.63, 3.8) is 0 Å². The largest absolute Gasteiger partial charge is 0.309 e. The number of likely N-dealkylation sites (N-methyl/N-ethyl adjacent to an activating group) is 1. The Balaban J connectivity index is 2.25. The van der Waals surface area contributed by atoms with Gasteiger partial charge in [-0.2, -0.15) is 0 Å². The molecule has 0 aliphatic carbocycles. The molecule has 0 atom stereocenters. The van der Waals surface area contributed by atoms with Crippen LogP contribution >= 0.6 is 11.3 Å². The van der Waals surface area contributed by atoms with Crippen molar-refractivity contribution in [2.24, 2.45) is 0 Å². The Bertz CT molecular complexity index is 417. The van der Waals surface area contributed by atoms with Gasteiger partial charge < -0.3 is 4.90 Å². The third kappa shape index (κ3) is 1.97. The minimum absolute atomic E-state index is 1.13. The lowest BCUT2D eigenvalue weighted by Crippen LogP contribution is -2.14. The first-order chi connectivity index (χ1) is 6.77. The Hall–Kier alpha value is -0.860. The van der Waals surface area contributed by atoms with Gasteiger partial charge in [-0.25, -0.2) is 0 Å². The molecule has 0 bridgehead atoms. The number of nitrogens with zero attached hydrogens (tertiary/aromatic N) is 1. The zero-order valence-electron chi connectivity index (χ0n) is 8.66. The second-order valence-electron chi connectivity index (χ2n) is 3.81. The molecule has 0 unspecified atom stereocenters. The summed E-state index contributed by atoms with van der Waals surface area (Å²) in [6, 6.07) is 8.64. The minimum Gasteiger partial charge on any atom is -0.309 e. The number of fused-ring (bicyclic) bond motifs is 1. The molecule has 0 fully saturated rings. The van der Waals surface area contributed by atoms with Crippen molar-refractivity contribution >= 4 is 21.4 Å². The fraction of sp³-hybridized carbons (Fsp3) is 0.333. The summed E-state index contributed by atoms with van der Waals surface area (Å²) in [7, 11) is 4.24. The monoisotopic (exact) mass is 205 g/mol. The molecule has 0 saturated heterocycles. The molecule has 2 aromatic rings. The van der Waals surface area contributed by atoms with Gasteiger partial charge in [0.1, 0.15) is 0 Å². The highest BCUT2D eigenvalue weighted by Crippen LogP contribution is 2.25. The van der Waals surface area contributed by atoms with E-state index in [2.05, 4.69) is 48.6 Å². The number of benzene rings is 1. The highest BCUT2D eigenvalue weighted by molar-refractivity contribution is 7.17. The van der Waals surface area contributed by atoms with Crippen LogP contribution in [0.4, 0.5) is 0 Å².